The number of phenolic OH excluding ortho intramolecular Hbond substituents is 1. The molecule has 7 aromatic carbocycles. The second-order valence-corrected chi connectivity index (χ2v) is 17.3. The molecular weight excluding hydrogens is 906 g/mol. The van der Waals surface area contributed by atoms with Crippen molar-refractivity contribution in [2.45, 2.75) is 21.6 Å². The maximum absolute atomic E-state index is 12.5. The molecule has 1 aromatic heterocycles. The fraction of sp³-hybridized carbons (Fsp3) is 0.0256. The number of phenols is 1. The number of aryl methyl sites for hydroxylation is 1. The van der Waals surface area contributed by atoms with Crippen LogP contribution < -0.4 is 94.4 Å². The van der Waals surface area contributed by atoms with E-state index < -0.39 is 56.5 Å². The molecule has 0 fully saturated rings. The van der Waals surface area contributed by atoms with Crippen LogP contribution in [-0.2, 0) is 30.4 Å². The van der Waals surface area contributed by atoms with E-state index in [0.29, 0.717) is 11.1 Å². The largest absolute Gasteiger partial charge is 1.00 e. The minimum Gasteiger partial charge on any atom is -0.744 e. The summed E-state index contributed by atoms with van der Waals surface area (Å²) in [7, 11) is -15.2. The van der Waals surface area contributed by atoms with Gasteiger partial charge in [-0.05, 0) is 66.9 Å². The van der Waals surface area contributed by atoms with Gasteiger partial charge in [-0.25, -0.2) is 16.8 Å². The minimum atomic E-state index is -5.27. The van der Waals surface area contributed by atoms with Crippen molar-refractivity contribution in [2.75, 3.05) is 5.73 Å². The van der Waals surface area contributed by atoms with E-state index in [9.17, 15) is 44.0 Å². The summed E-state index contributed by atoms with van der Waals surface area (Å²) in [6, 6.07) is 26.7. The van der Waals surface area contributed by atoms with Crippen LogP contribution in [-0.4, -0.2) is 49.0 Å². The van der Waals surface area contributed by atoms with Gasteiger partial charge in [0.1, 0.15) is 36.5 Å². The summed E-state index contributed by atoms with van der Waals surface area (Å²) in [4.78, 5) is 0.940. The smallest absolute Gasteiger partial charge is 0.744 e. The summed E-state index contributed by atoms with van der Waals surface area (Å²) in [5, 5.41) is 38.0. The number of H-pyrrole nitrogens is 1. The Kier molecular flexibility index (Phi) is 15.3. The molecule has 302 valence electrons. The predicted molar refractivity (Wildman–Crippen MR) is 218 cm³/mol. The van der Waals surface area contributed by atoms with E-state index in [2.05, 4.69) is 41.7 Å². The number of aromatic hydroxyl groups is 1. The van der Waals surface area contributed by atoms with Gasteiger partial charge in [0.05, 0.1) is 32.5 Å². The number of nitrogen functional groups attached to an aromatic ring is 1. The summed E-state index contributed by atoms with van der Waals surface area (Å²) in [6.45, 7) is 1.83. The van der Waals surface area contributed by atoms with Gasteiger partial charge >= 0.3 is 88.7 Å². The van der Waals surface area contributed by atoms with E-state index in [1.54, 1.807) is 0 Å². The average molecular weight is 931 g/mol. The molecule has 24 heteroatoms. The van der Waals surface area contributed by atoms with Crippen LogP contribution in [0.15, 0.2) is 149 Å². The third kappa shape index (κ3) is 10.1. The topological polar surface area (TPSA) is 305 Å². The number of anilines is 1. The van der Waals surface area contributed by atoms with Crippen LogP contribution in [0.1, 0.15) is 5.69 Å². The molecule has 1 heterocycles. The number of nitrogens with one attached hydrogen (secondary N) is 1. The second kappa shape index (κ2) is 19.2. The SMILES string of the molecule is Cc1[nH]c2ccccc2c1N=Nc1ccc2cc(S(=O)(=O)[O-])c(N=Nc3ccc(N=Nc4c(S(=O)(=O)O)cc(N)c5cc[c-]cc45)c4cc(S(=O)(=O)[O-])ccc34)c(O)c2c1.[Na+].[Na+].[Na+]. The van der Waals surface area contributed by atoms with Crippen LogP contribution >= 0.6 is 0 Å². The standard InChI is InChI=1S/C39H27N8O10S3.3Na/c1-20-36(27-8-4-5-9-31(27)41-20)45-42-22-11-10-21-16-34(59(52,53)54)38(39(48)28(21)17-22)47-43-32-14-15-33(29-18-23(58(49,50)51)12-13-25(29)32)44-46-37-26-7-3-2-6-24(26)30(40)19-35(37)60(55,56)57;;;/h2,4-19,41,48H,40H2,1H3,(H,49,50,51)(H,52,53,54)(H,55,56,57);;;/q-1;3*+1/p-2. The molecule has 0 aliphatic rings. The molecule has 0 radical (unpaired) electrons. The van der Waals surface area contributed by atoms with Crippen molar-refractivity contribution in [1.29, 1.82) is 0 Å². The van der Waals surface area contributed by atoms with Crippen LogP contribution in [0.4, 0.5) is 39.8 Å². The third-order valence-electron chi connectivity index (χ3n) is 9.40. The molecule has 0 aliphatic carbocycles. The van der Waals surface area contributed by atoms with Gasteiger partial charge in [-0.3, -0.25) is 4.55 Å². The number of rotatable bonds is 9. The van der Waals surface area contributed by atoms with E-state index >= 15 is 0 Å². The molecule has 5 N–H and O–H groups in total. The number of nitrogens with zero attached hydrogens (tertiary/aromatic N) is 6. The first-order chi connectivity index (χ1) is 28.4. The van der Waals surface area contributed by atoms with Crippen molar-refractivity contribution in [3.63, 3.8) is 0 Å². The number of fused-ring (bicyclic) bond motifs is 4. The Balaban J connectivity index is 0.00000249. The van der Waals surface area contributed by atoms with Crippen molar-refractivity contribution in [2.24, 2.45) is 30.7 Å². The number of aromatic nitrogens is 1. The van der Waals surface area contributed by atoms with E-state index in [-0.39, 0.29) is 144 Å². The summed E-state index contributed by atoms with van der Waals surface area (Å²) >= 11 is 0. The molecule has 0 atom stereocenters. The third-order valence-corrected chi connectivity index (χ3v) is 12.0. The van der Waals surface area contributed by atoms with Gasteiger partial charge in [0, 0.05) is 38.4 Å². The molecule has 63 heavy (non-hydrogen) atoms. The fourth-order valence-electron chi connectivity index (χ4n) is 6.61. The van der Waals surface area contributed by atoms with Gasteiger partial charge in [0.25, 0.3) is 10.1 Å². The van der Waals surface area contributed by atoms with E-state index in [1.807, 2.05) is 31.2 Å². The first-order valence-electron chi connectivity index (χ1n) is 17.2. The number of nitrogens with two attached hydrogens (primary N) is 1. The minimum absolute atomic E-state index is 0. The number of para-hydroxylation sites is 1. The van der Waals surface area contributed by atoms with Gasteiger partial charge in [-0.15, -0.1) is 20.7 Å². The quantitative estimate of drug-likeness (QED) is 0.0503. The summed E-state index contributed by atoms with van der Waals surface area (Å²) in [6.07, 6.45) is 0. The summed E-state index contributed by atoms with van der Waals surface area (Å²) < 4.78 is 108. The first-order valence-corrected chi connectivity index (χ1v) is 21.4. The van der Waals surface area contributed by atoms with Crippen LogP contribution in [0.2, 0.25) is 0 Å². The number of hydrogen-bond donors (Lipinski definition) is 4. The molecule has 18 nitrogen and oxygen atoms in total. The van der Waals surface area contributed by atoms with Crippen molar-refractivity contribution in [3.05, 3.63) is 115 Å². The molecule has 0 saturated heterocycles. The molecule has 0 aliphatic heterocycles. The fourth-order valence-corrected chi connectivity index (χ4v) is 8.42. The Hall–Kier alpha value is -4.01. The molecule has 8 rings (SSSR count). The maximum atomic E-state index is 12.5. The van der Waals surface area contributed by atoms with Gasteiger partial charge < -0.3 is 24.9 Å². The van der Waals surface area contributed by atoms with Crippen molar-refractivity contribution in [1.82, 2.24) is 4.98 Å². The second-order valence-electron chi connectivity index (χ2n) is 13.2. The van der Waals surface area contributed by atoms with Gasteiger partial charge in [0.15, 0.2) is 5.75 Å². The normalized spacial score (nSPS) is 12.4. The Morgan fingerprint density at radius 3 is 1.97 bits per heavy atom. The Morgan fingerprint density at radius 1 is 0.619 bits per heavy atom. The summed E-state index contributed by atoms with van der Waals surface area (Å²) in [5.41, 5.74) is 7.21. The molecule has 0 amide bonds. The Bertz CT molecular complexity index is 3590. The van der Waals surface area contributed by atoms with Crippen LogP contribution in [0.3, 0.4) is 0 Å². The van der Waals surface area contributed by atoms with E-state index in [0.717, 1.165) is 40.9 Å². The van der Waals surface area contributed by atoms with E-state index in [1.165, 1.54) is 54.6 Å². The number of aromatic amines is 1. The van der Waals surface area contributed by atoms with Gasteiger partial charge in [0.2, 0.25) is 0 Å². The van der Waals surface area contributed by atoms with Crippen LogP contribution in [0.25, 0.3) is 43.2 Å². The van der Waals surface area contributed by atoms with Crippen molar-refractivity contribution < 1.29 is 133 Å². The Labute approximate surface area is 425 Å². The van der Waals surface area contributed by atoms with Crippen LogP contribution in [0, 0.1) is 13.0 Å². The molecular formula is C39H25N8Na3O10S3. The van der Waals surface area contributed by atoms with Crippen molar-refractivity contribution in [3.8, 4) is 5.75 Å². The zero-order valence-electron chi connectivity index (χ0n) is 33.5. The number of benzene rings is 7. The number of hydrogen-bond acceptors (Lipinski definition) is 16. The monoisotopic (exact) mass is 930 g/mol. The van der Waals surface area contributed by atoms with E-state index in [4.69, 9.17) is 5.73 Å². The molecule has 0 unspecified atom stereocenters. The number of azo groups is 3. The van der Waals surface area contributed by atoms with Gasteiger partial charge in [-0.1, -0.05) is 35.7 Å². The molecule has 0 bridgehead atoms. The van der Waals surface area contributed by atoms with Crippen LogP contribution in [0.5, 0.6) is 5.75 Å². The summed E-state index contributed by atoms with van der Waals surface area (Å²) in [5.74, 6) is -0.733. The molecule has 0 saturated carbocycles. The molecule has 8 aromatic rings. The molecule has 0 spiro atoms. The van der Waals surface area contributed by atoms with Gasteiger partial charge in [-0.2, -0.15) is 48.0 Å². The maximum Gasteiger partial charge on any atom is 1.00 e. The predicted octanol–water partition coefficient (Wildman–Crippen LogP) is 0.337. The zero-order chi connectivity index (χ0) is 42.7. The van der Waals surface area contributed by atoms with Crippen molar-refractivity contribution >= 4 is 113 Å². The first kappa shape index (κ1) is 50.0. The Morgan fingerprint density at radius 2 is 1.29 bits per heavy atom. The zero-order valence-corrected chi connectivity index (χ0v) is 41.9. The average Bonchev–Trinajstić information content (AvgIpc) is 3.52.